The fourth-order valence-electron chi connectivity index (χ4n) is 2.04. The SMILES string of the molecule is Cc1ccccc1C(C)NC1=NC(C)CCS1. The van der Waals surface area contributed by atoms with Crippen molar-refractivity contribution in [1.82, 2.24) is 5.32 Å². The van der Waals surface area contributed by atoms with Crippen molar-refractivity contribution in [3.63, 3.8) is 0 Å². The zero-order valence-corrected chi connectivity index (χ0v) is 11.6. The van der Waals surface area contributed by atoms with Gasteiger partial charge in [0.2, 0.25) is 0 Å². The first-order valence-corrected chi connectivity index (χ1v) is 7.18. The van der Waals surface area contributed by atoms with Crippen LogP contribution in [0.15, 0.2) is 29.3 Å². The van der Waals surface area contributed by atoms with E-state index in [-0.39, 0.29) is 0 Å². The summed E-state index contributed by atoms with van der Waals surface area (Å²) in [7, 11) is 0. The molecular formula is C14H20N2S. The Balaban J connectivity index is 2.07. The second-order valence-electron chi connectivity index (χ2n) is 4.64. The van der Waals surface area contributed by atoms with Crippen LogP contribution in [0.3, 0.4) is 0 Å². The average Bonchev–Trinajstić information content (AvgIpc) is 2.29. The molecule has 0 saturated heterocycles. The maximum absolute atomic E-state index is 4.65. The van der Waals surface area contributed by atoms with Gasteiger partial charge in [-0.2, -0.15) is 0 Å². The smallest absolute Gasteiger partial charge is 0.157 e. The second kappa shape index (κ2) is 5.58. The number of aliphatic imine (C=N–C) groups is 1. The van der Waals surface area contributed by atoms with Crippen LogP contribution < -0.4 is 5.32 Å². The molecule has 92 valence electrons. The highest BCUT2D eigenvalue weighted by molar-refractivity contribution is 8.13. The van der Waals surface area contributed by atoms with Crippen molar-refractivity contribution >= 4 is 16.9 Å². The van der Waals surface area contributed by atoms with Crippen molar-refractivity contribution in [2.45, 2.75) is 39.3 Å². The molecule has 1 heterocycles. The van der Waals surface area contributed by atoms with Gasteiger partial charge in [0.25, 0.3) is 0 Å². The first-order valence-electron chi connectivity index (χ1n) is 6.19. The van der Waals surface area contributed by atoms with E-state index in [0.29, 0.717) is 12.1 Å². The minimum atomic E-state index is 0.327. The molecule has 0 saturated carbocycles. The van der Waals surface area contributed by atoms with Crippen LogP contribution in [0, 0.1) is 6.92 Å². The Bertz CT molecular complexity index is 414. The first-order chi connectivity index (χ1) is 8.16. The van der Waals surface area contributed by atoms with E-state index >= 15 is 0 Å². The molecule has 0 amide bonds. The monoisotopic (exact) mass is 248 g/mol. The van der Waals surface area contributed by atoms with Crippen LogP contribution in [0.1, 0.15) is 37.4 Å². The largest absolute Gasteiger partial charge is 0.358 e. The third-order valence-electron chi connectivity index (χ3n) is 3.11. The highest BCUT2D eigenvalue weighted by Gasteiger charge is 2.15. The number of rotatable bonds is 2. The minimum Gasteiger partial charge on any atom is -0.358 e. The molecule has 0 radical (unpaired) electrons. The molecule has 0 bridgehead atoms. The third-order valence-corrected chi connectivity index (χ3v) is 4.04. The summed E-state index contributed by atoms with van der Waals surface area (Å²) in [5.41, 5.74) is 2.69. The molecule has 0 aliphatic carbocycles. The van der Waals surface area contributed by atoms with Crippen LogP contribution in [-0.4, -0.2) is 17.0 Å². The zero-order valence-electron chi connectivity index (χ0n) is 10.7. The van der Waals surface area contributed by atoms with Crippen molar-refractivity contribution in [1.29, 1.82) is 0 Å². The summed E-state index contributed by atoms with van der Waals surface area (Å²) < 4.78 is 0. The van der Waals surface area contributed by atoms with E-state index < -0.39 is 0 Å². The topological polar surface area (TPSA) is 24.4 Å². The molecule has 1 aromatic rings. The summed E-state index contributed by atoms with van der Waals surface area (Å²) in [6.45, 7) is 6.54. The minimum absolute atomic E-state index is 0.327. The molecule has 2 rings (SSSR count). The quantitative estimate of drug-likeness (QED) is 0.866. The third kappa shape index (κ3) is 3.25. The summed E-state index contributed by atoms with van der Waals surface area (Å²) in [4.78, 5) is 4.65. The van der Waals surface area contributed by atoms with Crippen LogP contribution in [0.5, 0.6) is 0 Å². The Kier molecular flexibility index (Phi) is 4.11. The van der Waals surface area contributed by atoms with Gasteiger partial charge in [0, 0.05) is 5.75 Å². The van der Waals surface area contributed by atoms with Crippen LogP contribution in [0.4, 0.5) is 0 Å². The number of amidine groups is 1. The van der Waals surface area contributed by atoms with E-state index in [1.54, 1.807) is 0 Å². The van der Waals surface area contributed by atoms with Gasteiger partial charge in [0.15, 0.2) is 5.17 Å². The molecule has 17 heavy (non-hydrogen) atoms. The number of nitrogens with one attached hydrogen (secondary N) is 1. The molecule has 0 fully saturated rings. The fourth-order valence-corrected chi connectivity index (χ4v) is 3.21. The Labute approximate surface area is 108 Å². The molecule has 1 aliphatic rings. The summed E-state index contributed by atoms with van der Waals surface area (Å²) in [5, 5.41) is 4.62. The van der Waals surface area contributed by atoms with E-state index in [1.807, 2.05) is 11.8 Å². The molecule has 1 aromatic carbocycles. The number of benzene rings is 1. The molecule has 2 atom stereocenters. The summed E-state index contributed by atoms with van der Waals surface area (Å²) in [6, 6.07) is 9.31. The van der Waals surface area contributed by atoms with Crippen molar-refractivity contribution in [2.24, 2.45) is 4.99 Å². The molecule has 1 N–H and O–H groups in total. The highest BCUT2D eigenvalue weighted by atomic mass is 32.2. The summed E-state index contributed by atoms with van der Waals surface area (Å²) in [6.07, 6.45) is 1.19. The maximum atomic E-state index is 4.65. The molecule has 1 aliphatic heterocycles. The van der Waals surface area contributed by atoms with Gasteiger partial charge in [-0.25, -0.2) is 0 Å². The zero-order chi connectivity index (χ0) is 12.3. The lowest BCUT2D eigenvalue weighted by molar-refractivity contribution is 0.680. The van der Waals surface area contributed by atoms with Crippen molar-refractivity contribution in [3.05, 3.63) is 35.4 Å². The lowest BCUT2D eigenvalue weighted by Gasteiger charge is -2.22. The molecule has 0 spiro atoms. The number of nitrogens with zero attached hydrogens (tertiary/aromatic N) is 1. The van der Waals surface area contributed by atoms with Gasteiger partial charge >= 0.3 is 0 Å². The van der Waals surface area contributed by atoms with Crippen molar-refractivity contribution in [2.75, 3.05) is 5.75 Å². The maximum Gasteiger partial charge on any atom is 0.157 e. The molecular weight excluding hydrogens is 228 g/mol. The molecule has 0 aromatic heterocycles. The van der Waals surface area contributed by atoms with E-state index in [1.165, 1.54) is 23.3 Å². The van der Waals surface area contributed by atoms with Gasteiger partial charge in [0.05, 0.1) is 12.1 Å². The van der Waals surface area contributed by atoms with Crippen LogP contribution in [0.2, 0.25) is 0 Å². The Morgan fingerprint density at radius 1 is 1.41 bits per heavy atom. The predicted molar refractivity (Wildman–Crippen MR) is 76.7 cm³/mol. The number of hydrogen-bond acceptors (Lipinski definition) is 3. The van der Waals surface area contributed by atoms with Gasteiger partial charge < -0.3 is 5.32 Å². The van der Waals surface area contributed by atoms with E-state index in [9.17, 15) is 0 Å². The first kappa shape index (κ1) is 12.5. The van der Waals surface area contributed by atoms with Gasteiger partial charge in [-0.1, -0.05) is 36.0 Å². The predicted octanol–water partition coefficient (Wildman–Crippen LogP) is 3.53. The lowest BCUT2D eigenvalue weighted by atomic mass is 10.0. The van der Waals surface area contributed by atoms with Crippen molar-refractivity contribution < 1.29 is 0 Å². The molecule has 2 unspecified atom stereocenters. The van der Waals surface area contributed by atoms with Crippen LogP contribution in [0.25, 0.3) is 0 Å². The Hall–Kier alpha value is -0.960. The lowest BCUT2D eigenvalue weighted by Crippen LogP contribution is -2.28. The van der Waals surface area contributed by atoms with Gasteiger partial charge in [0.1, 0.15) is 0 Å². The summed E-state index contributed by atoms with van der Waals surface area (Å²) >= 11 is 1.83. The van der Waals surface area contributed by atoms with E-state index in [0.717, 1.165) is 5.17 Å². The van der Waals surface area contributed by atoms with E-state index in [2.05, 4.69) is 55.3 Å². The fraction of sp³-hybridized carbons (Fsp3) is 0.500. The summed E-state index contributed by atoms with van der Waals surface area (Å²) in [5.74, 6) is 1.17. The number of aryl methyl sites for hydroxylation is 1. The Morgan fingerprint density at radius 2 is 2.18 bits per heavy atom. The standard InChI is InChI=1S/C14H20N2S/c1-10-6-4-5-7-13(10)12(3)16-14-15-11(2)8-9-17-14/h4-7,11-12H,8-9H2,1-3H3,(H,15,16). The van der Waals surface area contributed by atoms with Gasteiger partial charge in [-0.3, -0.25) is 4.99 Å². The Morgan fingerprint density at radius 3 is 2.88 bits per heavy atom. The van der Waals surface area contributed by atoms with Crippen molar-refractivity contribution in [3.8, 4) is 0 Å². The molecule has 2 nitrogen and oxygen atoms in total. The average molecular weight is 248 g/mol. The van der Waals surface area contributed by atoms with Gasteiger partial charge in [-0.15, -0.1) is 0 Å². The number of hydrogen-bond donors (Lipinski definition) is 1. The van der Waals surface area contributed by atoms with Gasteiger partial charge in [-0.05, 0) is 38.3 Å². The normalized spacial score (nSPS) is 21.8. The molecule has 3 heteroatoms. The van der Waals surface area contributed by atoms with E-state index in [4.69, 9.17) is 0 Å². The van der Waals surface area contributed by atoms with Crippen LogP contribution in [-0.2, 0) is 0 Å². The van der Waals surface area contributed by atoms with Crippen LogP contribution >= 0.6 is 11.8 Å². The highest BCUT2D eigenvalue weighted by Crippen LogP contribution is 2.21. The number of thioether (sulfide) groups is 1. The second-order valence-corrected chi connectivity index (χ2v) is 5.73.